The number of hydrogen-bond acceptors (Lipinski definition) is 2. The number of nitrogens with zero attached hydrogens (tertiary/aromatic N) is 2. The molecule has 0 saturated heterocycles. The number of nitrogens with one attached hydrogen (secondary N) is 1. The van der Waals surface area contributed by atoms with E-state index in [2.05, 4.69) is 65.8 Å². The van der Waals surface area contributed by atoms with Crippen LogP contribution in [0, 0.1) is 11.8 Å². The summed E-state index contributed by atoms with van der Waals surface area (Å²) in [4.78, 5) is 17.2. The molecule has 3 aromatic rings. The first-order valence-corrected chi connectivity index (χ1v) is 11.7. The van der Waals surface area contributed by atoms with E-state index in [1.807, 2.05) is 4.57 Å². The van der Waals surface area contributed by atoms with Crippen molar-refractivity contribution in [2.24, 2.45) is 11.8 Å². The number of carbonyl (C=O) groups excluding carboxylic acids is 1. The van der Waals surface area contributed by atoms with Gasteiger partial charge >= 0.3 is 0 Å². The van der Waals surface area contributed by atoms with Crippen LogP contribution in [-0.2, 0) is 6.42 Å². The molecule has 1 N–H and O–H groups in total. The second kappa shape index (κ2) is 8.70. The summed E-state index contributed by atoms with van der Waals surface area (Å²) in [7, 11) is 0. The number of hydrogen-bond donors (Lipinski definition) is 1. The van der Waals surface area contributed by atoms with Gasteiger partial charge in [0.25, 0.3) is 5.91 Å². The Hall–Kier alpha value is -2.88. The summed E-state index contributed by atoms with van der Waals surface area (Å²) in [5, 5.41) is 3.28. The zero-order valence-corrected chi connectivity index (χ0v) is 18.3. The van der Waals surface area contributed by atoms with Crippen LogP contribution in [0.1, 0.15) is 61.5 Å². The van der Waals surface area contributed by atoms with Gasteiger partial charge in [0.1, 0.15) is 5.69 Å². The van der Waals surface area contributed by atoms with Crippen LogP contribution in [0.15, 0.2) is 61.1 Å². The maximum Gasteiger partial charge on any atom is 0.270 e. The van der Waals surface area contributed by atoms with Crippen LogP contribution in [-0.4, -0.2) is 21.5 Å². The quantitative estimate of drug-likeness (QED) is 0.532. The van der Waals surface area contributed by atoms with Gasteiger partial charge in [0.05, 0.1) is 12.5 Å². The minimum atomic E-state index is -0.0122. The molecule has 2 aliphatic rings. The molecule has 1 heterocycles. The second-order valence-corrected chi connectivity index (χ2v) is 9.25. The lowest BCUT2D eigenvalue weighted by Crippen LogP contribution is -2.39. The van der Waals surface area contributed by atoms with E-state index in [4.69, 9.17) is 0 Å². The fourth-order valence-corrected chi connectivity index (χ4v) is 5.39. The molecule has 0 radical (unpaired) electrons. The summed E-state index contributed by atoms with van der Waals surface area (Å²) in [5.41, 5.74) is 5.35. The van der Waals surface area contributed by atoms with Crippen molar-refractivity contribution in [1.29, 1.82) is 0 Å². The summed E-state index contributed by atoms with van der Waals surface area (Å²) in [6.07, 6.45) is 12.0. The molecule has 2 aliphatic carbocycles. The van der Waals surface area contributed by atoms with Crippen LogP contribution < -0.4 is 5.32 Å². The molecule has 2 aromatic carbocycles. The van der Waals surface area contributed by atoms with E-state index >= 15 is 0 Å². The molecule has 0 unspecified atom stereocenters. The average molecular weight is 414 g/mol. The van der Waals surface area contributed by atoms with Crippen LogP contribution in [0.3, 0.4) is 0 Å². The smallest absolute Gasteiger partial charge is 0.270 e. The lowest BCUT2D eigenvalue weighted by Gasteiger charge is -2.23. The third-order valence-corrected chi connectivity index (χ3v) is 7.18. The minimum absolute atomic E-state index is 0.0122. The zero-order chi connectivity index (χ0) is 21.2. The Kier molecular flexibility index (Phi) is 5.63. The molecule has 1 aromatic heterocycles. The summed E-state index contributed by atoms with van der Waals surface area (Å²) in [6, 6.07) is 17.6. The van der Waals surface area contributed by atoms with Gasteiger partial charge < -0.3 is 5.32 Å². The maximum atomic E-state index is 13.0. The van der Waals surface area contributed by atoms with E-state index in [1.54, 1.807) is 12.5 Å². The number of aromatic nitrogens is 2. The summed E-state index contributed by atoms with van der Waals surface area (Å²) in [5.74, 6) is 1.47. The Morgan fingerprint density at radius 3 is 2.42 bits per heavy atom. The number of unbranched alkanes of at least 4 members (excludes halogenated alkanes) is 1. The minimum Gasteiger partial charge on any atom is -0.348 e. The Morgan fingerprint density at radius 1 is 1.03 bits per heavy atom. The van der Waals surface area contributed by atoms with Gasteiger partial charge in [-0.2, -0.15) is 0 Å². The molecule has 2 fully saturated rings. The lowest BCUT2D eigenvalue weighted by molar-refractivity contribution is 0.0916. The molecule has 4 nitrogen and oxygen atoms in total. The number of fused-ring (bicyclic) bond motifs is 2. The molecule has 31 heavy (non-hydrogen) atoms. The van der Waals surface area contributed by atoms with E-state index in [9.17, 15) is 4.79 Å². The normalized spacial score (nSPS) is 22.0. The van der Waals surface area contributed by atoms with E-state index in [1.165, 1.54) is 48.8 Å². The lowest BCUT2D eigenvalue weighted by atomic mass is 9.95. The van der Waals surface area contributed by atoms with E-state index in [-0.39, 0.29) is 5.91 Å². The highest BCUT2D eigenvalue weighted by atomic mass is 16.2. The molecule has 160 valence electrons. The first-order valence-electron chi connectivity index (χ1n) is 11.7. The SMILES string of the molecule is CCCCc1ccc(-c2ccc(-n3cncc3C(=O)N[C@@H]3C[C@H]4CC[C@H]3C4)cc2)cc1. The maximum absolute atomic E-state index is 13.0. The summed E-state index contributed by atoms with van der Waals surface area (Å²) in [6.45, 7) is 2.23. The van der Waals surface area contributed by atoms with Crippen molar-refractivity contribution in [2.75, 3.05) is 0 Å². The predicted octanol–water partition coefficient (Wildman–Crippen LogP) is 5.80. The van der Waals surface area contributed by atoms with Gasteiger partial charge in [0, 0.05) is 11.7 Å². The number of carbonyl (C=O) groups is 1. The van der Waals surface area contributed by atoms with Gasteiger partial charge in [0.2, 0.25) is 0 Å². The van der Waals surface area contributed by atoms with Crippen molar-refractivity contribution in [1.82, 2.24) is 14.9 Å². The Morgan fingerprint density at radius 2 is 1.77 bits per heavy atom. The fourth-order valence-electron chi connectivity index (χ4n) is 5.39. The molecule has 3 atom stereocenters. The monoisotopic (exact) mass is 413 g/mol. The van der Waals surface area contributed by atoms with Crippen LogP contribution >= 0.6 is 0 Å². The predicted molar refractivity (Wildman–Crippen MR) is 124 cm³/mol. The molecule has 1 amide bonds. The van der Waals surface area contributed by atoms with Crippen LogP contribution in [0.5, 0.6) is 0 Å². The van der Waals surface area contributed by atoms with Crippen molar-refractivity contribution >= 4 is 5.91 Å². The number of amides is 1. The molecular formula is C27H31N3O. The van der Waals surface area contributed by atoms with Crippen LogP contribution in [0.2, 0.25) is 0 Å². The van der Waals surface area contributed by atoms with Crippen molar-refractivity contribution in [2.45, 2.75) is 57.9 Å². The zero-order valence-electron chi connectivity index (χ0n) is 18.3. The third-order valence-electron chi connectivity index (χ3n) is 7.18. The van der Waals surface area contributed by atoms with Crippen molar-refractivity contribution in [3.05, 3.63) is 72.3 Å². The topological polar surface area (TPSA) is 46.9 Å². The fraction of sp³-hybridized carbons (Fsp3) is 0.407. The van der Waals surface area contributed by atoms with Crippen LogP contribution in [0.25, 0.3) is 16.8 Å². The second-order valence-electron chi connectivity index (χ2n) is 9.25. The molecular weight excluding hydrogens is 382 g/mol. The first kappa shape index (κ1) is 20.0. The van der Waals surface area contributed by atoms with Crippen molar-refractivity contribution in [3.63, 3.8) is 0 Å². The molecule has 2 saturated carbocycles. The highest BCUT2D eigenvalue weighted by molar-refractivity contribution is 5.93. The van der Waals surface area contributed by atoms with E-state index in [0.29, 0.717) is 17.7 Å². The molecule has 0 aliphatic heterocycles. The molecule has 5 rings (SSSR count). The van der Waals surface area contributed by atoms with Crippen LogP contribution in [0.4, 0.5) is 0 Å². The number of rotatable bonds is 7. The molecule has 2 bridgehead atoms. The highest BCUT2D eigenvalue weighted by Crippen LogP contribution is 2.44. The van der Waals surface area contributed by atoms with Crippen molar-refractivity contribution < 1.29 is 4.79 Å². The van der Waals surface area contributed by atoms with E-state index < -0.39 is 0 Å². The number of benzene rings is 2. The summed E-state index contributed by atoms with van der Waals surface area (Å²) >= 11 is 0. The summed E-state index contributed by atoms with van der Waals surface area (Å²) < 4.78 is 1.89. The number of imidazole rings is 1. The van der Waals surface area contributed by atoms with Gasteiger partial charge in [-0.25, -0.2) is 4.98 Å². The van der Waals surface area contributed by atoms with Crippen molar-refractivity contribution in [3.8, 4) is 16.8 Å². The highest BCUT2D eigenvalue weighted by Gasteiger charge is 2.40. The first-order chi connectivity index (χ1) is 15.2. The average Bonchev–Trinajstić information content (AvgIpc) is 3.55. The largest absolute Gasteiger partial charge is 0.348 e. The van der Waals surface area contributed by atoms with Gasteiger partial charge in [-0.05, 0) is 72.8 Å². The Labute approximate surface area is 184 Å². The van der Waals surface area contributed by atoms with Gasteiger partial charge in [0.15, 0.2) is 0 Å². The molecule has 0 spiro atoms. The van der Waals surface area contributed by atoms with Gasteiger partial charge in [-0.15, -0.1) is 0 Å². The Balaban J connectivity index is 1.29. The van der Waals surface area contributed by atoms with Gasteiger partial charge in [-0.3, -0.25) is 9.36 Å². The number of aryl methyl sites for hydroxylation is 1. The van der Waals surface area contributed by atoms with Gasteiger partial charge in [-0.1, -0.05) is 56.2 Å². The Bertz CT molecular complexity index is 1040. The standard InChI is InChI=1S/C27H31N3O/c1-2-3-4-19-5-8-21(9-6-19)22-11-13-24(14-12-22)30-18-28-17-26(30)27(31)29-25-16-20-7-10-23(25)15-20/h5-6,8-9,11-14,17-18,20,23,25H,2-4,7,10,15-16H2,1H3,(H,29,31)/t20-,23-,25+/m0/s1. The molecule has 4 heteroatoms. The van der Waals surface area contributed by atoms with E-state index in [0.717, 1.165) is 24.4 Å². The third kappa shape index (κ3) is 4.16.